The highest BCUT2D eigenvalue weighted by atomic mass is 28.3. The molecule has 1 aliphatic heterocycles. The van der Waals surface area contributed by atoms with E-state index in [9.17, 15) is 4.79 Å². The molecule has 20 heavy (non-hydrogen) atoms. The summed E-state index contributed by atoms with van der Waals surface area (Å²) in [5, 5.41) is -0.0238. The lowest BCUT2D eigenvalue weighted by molar-refractivity contribution is -0.125. The number of carbonyl (C=O) groups excluding carboxylic acids is 1. The van der Waals surface area contributed by atoms with Crippen LogP contribution in [-0.4, -0.2) is 20.5 Å². The number of fused-ring (bicyclic) bond motifs is 2. The van der Waals surface area contributed by atoms with Crippen molar-refractivity contribution in [2.24, 2.45) is 5.92 Å². The van der Waals surface area contributed by atoms with Crippen molar-refractivity contribution in [3.05, 3.63) is 30.3 Å². The van der Waals surface area contributed by atoms with Gasteiger partial charge in [-0.1, -0.05) is 44.3 Å². The maximum atomic E-state index is 13.3. The molecule has 2 atom stereocenters. The molecule has 3 rings (SSSR count). The van der Waals surface area contributed by atoms with E-state index in [-0.39, 0.29) is 5.04 Å². The van der Waals surface area contributed by atoms with Gasteiger partial charge in [0.15, 0.2) is 0 Å². The van der Waals surface area contributed by atoms with Crippen LogP contribution in [-0.2, 0) is 4.79 Å². The smallest absolute Gasteiger partial charge is 0.230 e. The third kappa shape index (κ3) is 2.03. The summed E-state index contributed by atoms with van der Waals surface area (Å²) >= 11 is 0. The number of carbonyl (C=O) groups is 1. The molecule has 2 fully saturated rings. The molecule has 1 heterocycles. The van der Waals surface area contributed by atoms with Gasteiger partial charge in [0.1, 0.15) is 0 Å². The summed E-state index contributed by atoms with van der Waals surface area (Å²) in [6.45, 7) is 8.06. The SMILES string of the molecule is C[Si](C)(C)[C@@]12CCC[C@@H](CN(c3ccccc3)C1=O)C2. The summed E-state index contributed by atoms with van der Waals surface area (Å²) in [5.41, 5.74) is 1.09. The number of nitrogens with zero attached hydrogens (tertiary/aromatic N) is 1. The maximum absolute atomic E-state index is 13.3. The molecule has 1 saturated heterocycles. The standard InChI is InChI=1S/C17H25NOSi/c1-20(2,3)17-11-7-8-14(12-17)13-18(16(17)19)15-9-5-4-6-10-15/h4-6,9-10,14H,7-8,11-13H2,1-3H3/t14-,17-/m1/s1. The summed E-state index contributed by atoms with van der Waals surface area (Å²) < 4.78 is 0. The molecule has 2 nitrogen and oxygen atoms in total. The summed E-state index contributed by atoms with van der Waals surface area (Å²) in [5.74, 6) is 1.12. The van der Waals surface area contributed by atoms with Crippen LogP contribution in [0.1, 0.15) is 25.7 Å². The second-order valence-electron chi connectivity index (χ2n) is 7.55. The van der Waals surface area contributed by atoms with Crippen molar-refractivity contribution in [1.29, 1.82) is 0 Å². The average molecular weight is 287 g/mol. The first-order valence-electron chi connectivity index (χ1n) is 7.81. The quantitative estimate of drug-likeness (QED) is 0.743. The Hall–Kier alpha value is -1.09. The molecule has 1 amide bonds. The van der Waals surface area contributed by atoms with E-state index in [1.54, 1.807) is 0 Å². The van der Waals surface area contributed by atoms with E-state index in [2.05, 4.69) is 36.7 Å². The Bertz CT molecular complexity index is 507. The summed E-state index contributed by atoms with van der Waals surface area (Å²) in [4.78, 5) is 15.4. The Morgan fingerprint density at radius 3 is 2.55 bits per heavy atom. The second kappa shape index (κ2) is 4.73. The number of hydrogen-bond donors (Lipinski definition) is 0. The molecular formula is C17H25NOSi. The van der Waals surface area contributed by atoms with Crippen molar-refractivity contribution in [2.45, 2.75) is 50.4 Å². The predicted octanol–water partition coefficient (Wildman–Crippen LogP) is 4.30. The molecule has 0 radical (unpaired) electrons. The second-order valence-corrected chi connectivity index (χ2v) is 13.0. The monoisotopic (exact) mass is 287 g/mol. The Balaban J connectivity index is 2.02. The van der Waals surface area contributed by atoms with Gasteiger partial charge in [0.2, 0.25) is 5.91 Å². The van der Waals surface area contributed by atoms with Crippen LogP contribution in [0.3, 0.4) is 0 Å². The molecule has 0 aromatic heterocycles. The number of para-hydroxylation sites is 1. The van der Waals surface area contributed by atoms with Gasteiger partial charge in [-0.25, -0.2) is 0 Å². The minimum absolute atomic E-state index is 0.0238. The lowest BCUT2D eigenvalue weighted by Gasteiger charge is -2.54. The Morgan fingerprint density at radius 2 is 1.90 bits per heavy atom. The van der Waals surface area contributed by atoms with Crippen molar-refractivity contribution >= 4 is 19.7 Å². The van der Waals surface area contributed by atoms with Crippen LogP contribution in [0.25, 0.3) is 0 Å². The average Bonchev–Trinajstić information content (AvgIpc) is 2.43. The van der Waals surface area contributed by atoms with E-state index in [0.717, 1.165) is 25.1 Å². The molecular weight excluding hydrogens is 262 g/mol. The van der Waals surface area contributed by atoms with Crippen molar-refractivity contribution in [3.63, 3.8) is 0 Å². The largest absolute Gasteiger partial charge is 0.312 e. The Morgan fingerprint density at radius 1 is 1.20 bits per heavy atom. The fourth-order valence-corrected chi connectivity index (χ4v) is 6.78. The van der Waals surface area contributed by atoms with Crippen LogP contribution in [0.4, 0.5) is 5.69 Å². The van der Waals surface area contributed by atoms with E-state index >= 15 is 0 Å². The molecule has 3 heteroatoms. The van der Waals surface area contributed by atoms with E-state index in [0.29, 0.717) is 11.8 Å². The lowest BCUT2D eigenvalue weighted by atomic mass is 9.76. The van der Waals surface area contributed by atoms with Crippen LogP contribution >= 0.6 is 0 Å². The van der Waals surface area contributed by atoms with Gasteiger partial charge in [0, 0.05) is 17.3 Å². The Kier molecular flexibility index (Phi) is 3.28. The molecule has 0 unspecified atom stereocenters. The third-order valence-electron chi connectivity index (χ3n) is 5.45. The Labute approximate surface area is 123 Å². The van der Waals surface area contributed by atoms with E-state index in [1.165, 1.54) is 12.8 Å². The molecule has 1 aliphatic carbocycles. The molecule has 108 valence electrons. The number of benzene rings is 1. The summed E-state index contributed by atoms with van der Waals surface area (Å²) in [6.07, 6.45) is 4.79. The van der Waals surface area contributed by atoms with Gasteiger partial charge >= 0.3 is 0 Å². The van der Waals surface area contributed by atoms with Crippen LogP contribution in [0, 0.1) is 5.92 Å². The van der Waals surface area contributed by atoms with Crippen molar-refractivity contribution < 1.29 is 4.79 Å². The maximum Gasteiger partial charge on any atom is 0.230 e. The van der Waals surface area contributed by atoms with Gasteiger partial charge in [-0.3, -0.25) is 4.79 Å². The molecule has 2 aliphatic rings. The van der Waals surface area contributed by atoms with Gasteiger partial charge in [-0.2, -0.15) is 0 Å². The topological polar surface area (TPSA) is 20.3 Å². The minimum Gasteiger partial charge on any atom is -0.312 e. The summed E-state index contributed by atoms with van der Waals surface area (Å²) in [6, 6.07) is 10.3. The first kappa shape index (κ1) is 13.9. The third-order valence-corrected chi connectivity index (χ3v) is 8.99. The van der Waals surface area contributed by atoms with E-state index in [1.807, 2.05) is 18.2 Å². The highest BCUT2D eigenvalue weighted by Gasteiger charge is 2.56. The van der Waals surface area contributed by atoms with Gasteiger partial charge < -0.3 is 4.90 Å². The number of anilines is 1. The highest BCUT2D eigenvalue weighted by molar-refractivity contribution is 6.82. The number of rotatable bonds is 2. The number of amides is 1. The van der Waals surface area contributed by atoms with Crippen LogP contribution < -0.4 is 4.90 Å². The molecule has 2 bridgehead atoms. The molecule has 0 N–H and O–H groups in total. The van der Waals surface area contributed by atoms with Crippen LogP contribution in [0.15, 0.2) is 30.3 Å². The molecule has 1 aromatic rings. The molecule has 1 aromatic carbocycles. The van der Waals surface area contributed by atoms with Gasteiger partial charge in [-0.05, 0) is 37.3 Å². The van der Waals surface area contributed by atoms with Crippen molar-refractivity contribution in [3.8, 4) is 0 Å². The predicted molar refractivity (Wildman–Crippen MR) is 86.8 cm³/mol. The zero-order valence-corrected chi connectivity index (χ0v) is 13.9. The first-order chi connectivity index (χ1) is 9.44. The van der Waals surface area contributed by atoms with Gasteiger partial charge in [0.25, 0.3) is 0 Å². The summed E-state index contributed by atoms with van der Waals surface area (Å²) in [7, 11) is -1.53. The fraction of sp³-hybridized carbons (Fsp3) is 0.588. The van der Waals surface area contributed by atoms with Crippen molar-refractivity contribution in [1.82, 2.24) is 0 Å². The van der Waals surface area contributed by atoms with E-state index < -0.39 is 8.07 Å². The van der Waals surface area contributed by atoms with Crippen molar-refractivity contribution in [2.75, 3.05) is 11.4 Å². The number of hydrogen-bond acceptors (Lipinski definition) is 1. The number of piperidine rings is 1. The normalized spacial score (nSPS) is 30.4. The van der Waals surface area contributed by atoms with E-state index in [4.69, 9.17) is 0 Å². The molecule has 1 saturated carbocycles. The van der Waals surface area contributed by atoms with Crippen LogP contribution in [0.5, 0.6) is 0 Å². The zero-order valence-electron chi connectivity index (χ0n) is 12.9. The zero-order chi connectivity index (χ0) is 14.4. The molecule has 0 spiro atoms. The first-order valence-corrected chi connectivity index (χ1v) is 11.3. The lowest BCUT2D eigenvalue weighted by Crippen LogP contribution is -2.59. The van der Waals surface area contributed by atoms with Gasteiger partial charge in [-0.15, -0.1) is 0 Å². The highest BCUT2D eigenvalue weighted by Crippen LogP contribution is 2.56. The van der Waals surface area contributed by atoms with Crippen LogP contribution in [0.2, 0.25) is 24.7 Å². The van der Waals surface area contributed by atoms with Gasteiger partial charge in [0.05, 0.1) is 8.07 Å². The fourth-order valence-electron chi connectivity index (χ4n) is 4.17. The minimum atomic E-state index is -1.53.